The third kappa shape index (κ3) is 5.00. The summed E-state index contributed by atoms with van der Waals surface area (Å²) in [4.78, 5) is 0. The SMILES string of the molecule is COCCNc1ccc(NCCOC)cc1. The highest BCUT2D eigenvalue weighted by Crippen LogP contribution is 2.12. The number of anilines is 2. The van der Waals surface area contributed by atoms with Gasteiger partial charge in [-0.05, 0) is 24.3 Å². The van der Waals surface area contributed by atoms with Gasteiger partial charge in [-0.25, -0.2) is 0 Å². The van der Waals surface area contributed by atoms with E-state index >= 15 is 0 Å². The molecule has 0 aromatic heterocycles. The Hall–Kier alpha value is -1.26. The van der Waals surface area contributed by atoms with Crippen LogP contribution in [0.2, 0.25) is 0 Å². The van der Waals surface area contributed by atoms with Crippen LogP contribution in [-0.4, -0.2) is 40.5 Å². The van der Waals surface area contributed by atoms with Gasteiger partial charge in [-0.2, -0.15) is 0 Å². The Labute approximate surface area is 96.9 Å². The summed E-state index contributed by atoms with van der Waals surface area (Å²) in [5, 5.41) is 6.53. The minimum atomic E-state index is 0.716. The number of hydrogen-bond donors (Lipinski definition) is 2. The summed E-state index contributed by atoms with van der Waals surface area (Å²) in [6, 6.07) is 8.19. The van der Waals surface area contributed by atoms with Crippen molar-refractivity contribution in [1.82, 2.24) is 0 Å². The normalized spacial score (nSPS) is 10.1. The first-order valence-corrected chi connectivity index (χ1v) is 5.42. The molecule has 4 heteroatoms. The van der Waals surface area contributed by atoms with Crippen LogP contribution in [0.1, 0.15) is 0 Å². The average Bonchev–Trinajstić information content (AvgIpc) is 2.32. The average molecular weight is 224 g/mol. The van der Waals surface area contributed by atoms with Crippen molar-refractivity contribution in [2.45, 2.75) is 0 Å². The lowest BCUT2D eigenvalue weighted by molar-refractivity contribution is 0.210. The summed E-state index contributed by atoms with van der Waals surface area (Å²) in [6.07, 6.45) is 0. The smallest absolute Gasteiger partial charge is 0.0635 e. The second kappa shape index (κ2) is 7.96. The maximum absolute atomic E-state index is 4.96. The molecular weight excluding hydrogens is 204 g/mol. The lowest BCUT2D eigenvalue weighted by Gasteiger charge is -2.08. The van der Waals surface area contributed by atoms with Crippen molar-refractivity contribution in [3.63, 3.8) is 0 Å². The number of ether oxygens (including phenoxy) is 2. The fourth-order valence-corrected chi connectivity index (χ4v) is 1.30. The Bertz CT molecular complexity index is 246. The van der Waals surface area contributed by atoms with E-state index in [1.807, 2.05) is 24.3 Å². The van der Waals surface area contributed by atoms with Crippen molar-refractivity contribution < 1.29 is 9.47 Å². The molecule has 0 amide bonds. The number of hydrogen-bond acceptors (Lipinski definition) is 4. The quantitative estimate of drug-likeness (QED) is 0.661. The van der Waals surface area contributed by atoms with Crippen LogP contribution >= 0.6 is 0 Å². The first-order valence-electron chi connectivity index (χ1n) is 5.42. The highest BCUT2D eigenvalue weighted by Gasteiger charge is 1.93. The fourth-order valence-electron chi connectivity index (χ4n) is 1.30. The largest absolute Gasteiger partial charge is 0.383 e. The van der Waals surface area contributed by atoms with Gasteiger partial charge < -0.3 is 20.1 Å². The molecule has 90 valence electrons. The summed E-state index contributed by atoms with van der Waals surface area (Å²) >= 11 is 0. The first kappa shape index (κ1) is 12.8. The second-order valence-electron chi connectivity index (χ2n) is 3.42. The highest BCUT2D eigenvalue weighted by molar-refractivity contribution is 5.53. The van der Waals surface area contributed by atoms with E-state index in [4.69, 9.17) is 9.47 Å². The van der Waals surface area contributed by atoms with Crippen LogP contribution in [0.3, 0.4) is 0 Å². The van der Waals surface area contributed by atoms with E-state index in [0.29, 0.717) is 13.2 Å². The molecule has 1 aromatic rings. The molecule has 0 bridgehead atoms. The van der Waals surface area contributed by atoms with E-state index in [-0.39, 0.29) is 0 Å². The Balaban J connectivity index is 2.30. The molecule has 0 spiro atoms. The molecule has 0 aliphatic rings. The molecule has 16 heavy (non-hydrogen) atoms. The predicted octanol–water partition coefficient (Wildman–Crippen LogP) is 1.80. The Kier molecular flexibility index (Phi) is 6.37. The van der Waals surface area contributed by atoms with Gasteiger partial charge in [-0.1, -0.05) is 0 Å². The van der Waals surface area contributed by atoms with Gasteiger partial charge in [-0.3, -0.25) is 0 Å². The summed E-state index contributed by atoms with van der Waals surface area (Å²) in [5.74, 6) is 0. The van der Waals surface area contributed by atoms with Gasteiger partial charge in [-0.15, -0.1) is 0 Å². The molecule has 0 heterocycles. The van der Waals surface area contributed by atoms with Crippen molar-refractivity contribution in [3.05, 3.63) is 24.3 Å². The predicted molar refractivity (Wildman–Crippen MR) is 67.2 cm³/mol. The van der Waals surface area contributed by atoms with Gasteiger partial charge in [0.15, 0.2) is 0 Å². The molecule has 0 unspecified atom stereocenters. The van der Waals surface area contributed by atoms with Crippen LogP contribution in [0, 0.1) is 0 Å². The van der Waals surface area contributed by atoms with Crippen LogP contribution in [0.4, 0.5) is 11.4 Å². The molecule has 4 nitrogen and oxygen atoms in total. The molecule has 0 saturated heterocycles. The second-order valence-corrected chi connectivity index (χ2v) is 3.42. The van der Waals surface area contributed by atoms with Gasteiger partial charge in [0.25, 0.3) is 0 Å². The summed E-state index contributed by atoms with van der Waals surface area (Å²) < 4.78 is 9.93. The van der Waals surface area contributed by atoms with Crippen molar-refractivity contribution in [2.24, 2.45) is 0 Å². The van der Waals surface area contributed by atoms with Crippen molar-refractivity contribution in [2.75, 3.05) is 51.2 Å². The molecule has 0 radical (unpaired) electrons. The lowest BCUT2D eigenvalue weighted by Crippen LogP contribution is -2.08. The molecular formula is C12H20N2O2. The third-order valence-electron chi connectivity index (χ3n) is 2.16. The van der Waals surface area contributed by atoms with Crippen LogP contribution in [0.5, 0.6) is 0 Å². The van der Waals surface area contributed by atoms with Crippen molar-refractivity contribution in [3.8, 4) is 0 Å². The molecule has 0 saturated carbocycles. The number of benzene rings is 1. The van der Waals surface area contributed by atoms with Gasteiger partial charge in [0.1, 0.15) is 0 Å². The highest BCUT2D eigenvalue weighted by atomic mass is 16.5. The zero-order valence-corrected chi connectivity index (χ0v) is 9.95. The number of rotatable bonds is 8. The van der Waals surface area contributed by atoms with E-state index in [0.717, 1.165) is 24.5 Å². The van der Waals surface area contributed by atoms with Crippen LogP contribution in [-0.2, 0) is 9.47 Å². The van der Waals surface area contributed by atoms with Gasteiger partial charge in [0.05, 0.1) is 13.2 Å². The van der Waals surface area contributed by atoms with E-state index in [1.54, 1.807) is 14.2 Å². The molecule has 1 aromatic carbocycles. The third-order valence-corrected chi connectivity index (χ3v) is 2.16. The zero-order chi connectivity index (χ0) is 11.6. The topological polar surface area (TPSA) is 42.5 Å². The first-order chi connectivity index (χ1) is 7.86. The Morgan fingerprint density at radius 1 is 0.812 bits per heavy atom. The van der Waals surface area contributed by atoms with E-state index in [9.17, 15) is 0 Å². The molecule has 2 N–H and O–H groups in total. The van der Waals surface area contributed by atoms with Gasteiger partial charge in [0, 0.05) is 38.7 Å². The molecule has 0 aliphatic heterocycles. The van der Waals surface area contributed by atoms with Crippen molar-refractivity contribution in [1.29, 1.82) is 0 Å². The maximum Gasteiger partial charge on any atom is 0.0635 e. The maximum atomic E-state index is 4.96. The fraction of sp³-hybridized carbons (Fsp3) is 0.500. The summed E-state index contributed by atoms with van der Waals surface area (Å²) in [5.41, 5.74) is 2.21. The monoisotopic (exact) mass is 224 g/mol. The van der Waals surface area contributed by atoms with E-state index < -0.39 is 0 Å². The van der Waals surface area contributed by atoms with E-state index in [2.05, 4.69) is 10.6 Å². The van der Waals surface area contributed by atoms with Crippen molar-refractivity contribution >= 4 is 11.4 Å². The van der Waals surface area contributed by atoms with E-state index in [1.165, 1.54) is 0 Å². The summed E-state index contributed by atoms with van der Waals surface area (Å²) in [6.45, 7) is 3.08. The molecule has 0 atom stereocenters. The Morgan fingerprint density at radius 2 is 1.19 bits per heavy atom. The zero-order valence-electron chi connectivity index (χ0n) is 9.95. The van der Waals surface area contributed by atoms with Crippen LogP contribution < -0.4 is 10.6 Å². The minimum absolute atomic E-state index is 0.716. The number of nitrogens with one attached hydrogen (secondary N) is 2. The van der Waals surface area contributed by atoms with Crippen LogP contribution in [0.15, 0.2) is 24.3 Å². The standard InChI is InChI=1S/C12H20N2O2/c1-15-9-7-13-11-3-5-12(6-4-11)14-8-10-16-2/h3-6,13-14H,7-10H2,1-2H3. The minimum Gasteiger partial charge on any atom is -0.383 e. The number of methoxy groups -OCH3 is 2. The van der Waals surface area contributed by atoms with Crippen LogP contribution in [0.25, 0.3) is 0 Å². The molecule has 1 rings (SSSR count). The van der Waals surface area contributed by atoms with Gasteiger partial charge >= 0.3 is 0 Å². The molecule has 0 aliphatic carbocycles. The Morgan fingerprint density at radius 3 is 1.50 bits per heavy atom. The summed E-state index contributed by atoms with van der Waals surface area (Å²) in [7, 11) is 3.40. The lowest BCUT2D eigenvalue weighted by atomic mass is 10.3. The van der Waals surface area contributed by atoms with Gasteiger partial charge in [0.2, 0.25) is 0 Å². The molecule has 0 fully saturated rings.